The lowest BCUT2D eigenvalue weighted by atomic mass is 10.2. The maximum Gasteiger partial charge on any atom is 0.278 e. The molecule has 0 bridgehead atoms. The lowest BCUT2D eigenvalue weighted by Gasteiger charge is -2.15. The average molecular weight is 280 g/mol. The molecule has 1 aliphatic heterocycles. The summed E-state index contributed by atoms with van der Waals surface area (Å²) in [6.07, 6.45) is 3.12. The number of aromatic amines is 1. The summed E-state index contributed by atoms with van der Waals surface area (Å²) >= 11 is 0. The highest BCUT2D eigenvalue weighted by Crippen LogP contribution is 2.31. The zero-order valence-corrected chi connectivity index (χ0v) is 11.3. The number of nitrogens with one attached hydrogen (secondary N) is 1. The van der Waals surface area contributed by atoms with Gasteiger partial charge in [-0.2, -0.15) is 0 Å². The number of nitrogens with zero attached hydrogens (tertiary/aromatic N) is 3. The van der Waals surface area contributed by atoms with Crippen LogP contribution in [0.3, 0.4) is 0 Å². The number of fused-ring (bicyclic) bond motifs is 1. The van der Waals surface area contributed by atoms with Crippen molar-refractivity contribution in [1.82, 2.24) is 19.5 Å². The van der Waals surface area contributed by atoms with Gasteiger partial charge in [-0.1, -0.05) is 0 Å². The summed E-state index contributed by atoms with van der Waals surface area (Å²) in [6, 6.07) is 0. The van der Waals surface area contributed by atoms with Crippen LogP contribution < -0.4 is 5.56 Å². The SMILES string of the molecule is COCC1OC(n2cnc3c(=O)[nH]cnc32)C[C@H]1OC. The van der Waals surface area contributed by atoms with Crippen LogP contribution >= 0.6 is 0 Å². The molecule has 8 nitrogen and oxygen atoms in total. The van der Waals surface area contributed by atoms with Gasteiger partial charge >= 0.3 is 0 Å². The average Bonchev–Trinajstić information content (AvgIpc) is 3.03. The van der Waals surface area contributed by atoms with Crippen molar-refractivity contribution < 1.29 is 14.2 Å². The summed E-state index contributed by atoms with van der Waals surface area (Å²) < 4.78 is 18.2. The van der Waals surface area contributed by atoms with Crippen LogP contribution in [0.25, 0.3) is 11.2 Å². The van der Waals surface area contributed by atoms with Gasteiger partial charge in [0, 0.05) is 20.6 Å². The van der Waals surface area contributed by atoms with Crippen LogP contribution in [0.15, 0.2) is 17.4 Å². The quantitative estimate of drug-likeness (QED) is 0.852. The highest BCUT2D eigenvalue weighted by Gasteiger charge is 2.37. The molecule has 0 aliphatic carbocycles. The topological polar surface area (TPSA) is 91.3 Å². The van der Waals surface area contributed by atoms with Gasteiger partial charge in [-0.15, -0.1) is 0 Å². The van der Waals surface area contributed by atoms with E-state index in [9.17, 15) is 4.79 Å². The molecular weight excluding hydrogens is 264 g/mol. The summed E-state index contributed by atoms with van der Waals surface area (Å²) in [5, 5.41) is 0. The number of rotatable bonds is 4. The van der Waals surface area contributed by atoms with Crippen LogP contribution in [0.2, 0.25) is 0 Å². The fourth-order valence-electron chi connectivity index (χ4n) is 2.51. The molecule has 0 amide bonds. The third-order valence-electron chi connectivity index (χ3n) is 3.49. The third-order valence-corrected chi connectivity index (χ3v) is 3.49. The fraction of sp³-hybridized carbons (Fsp3) is 0.583. The maximum atomic E-state index is 11.6. The van der Waals surface area contributed by atoms with E-state index < -0.39 is 0 Å². The lowest BCUT2D eigenvalue weighted by molar-refractivity contribution is -0.0597. The standard InChI is InChI=1S/C12H16N4O4/c1-18-4-8-7(19-2)3-9(20-8)16-6-15-10-11(16)13-5-14-12(10)17/h5-9H,3-4H2,1-2H3,(H,13,14,17)/t7-,8?,9?/m1/s1. The number of aromatic nitrogens is 4. The van der Waals surface area contributed by atoms with E-state index in [-0.39, 0.29) is 24.0 Å². The first-order valence-corrected chi connectivity index (χ1v) is 6.32. The van der Waals surface area contributed by atoms with E-state index in [4.69, 9.17) is 14.2 Å². The molecule has 20 heavy (non-hydrogen) atoms. The van der Waals surface area contributed by atoms with Crippen molar-refractivity contribution in [2.24, 2.45) is 0 Å². The monoisotopic (exact) mass is 280 g/mol. The van der Waals surface area contributed by atoms with Gasteiger partial charge in [0.15, 0.2) is 11.2 Å². The largest absolute Gasteiger partial charge is 0.382 e. The van der Waals surface area contributed by atoms with E-state index in [2.05, 4.69) is 15.0 Å². The molecule has 0 saturated carbocycles. The van der Waals surface area contributed by atoms with Gasteiger partial charge in [-0.3, -0.25) is 9.36 Å². The first kappa shape index (κ1) is 13.2. The summed E-state index contributed by atoms with van der Waals surface area (Å²) in [4.78, 5) is 22.4. The van der Waals surface area contributed by atoms with Gasteiger partial charge in [0.2, 0.25) is 0 Å². The second-order valence-electron chi connectivity index (χ2n) is 4.65. The smallest absolute Gasteiger partial charge is 0.278 e. The van der Waals surface area contributed by atoms with Crippen LogP contribution in [0, 0.1) is 0 Å². The second kappa shape index (κ2) is 5.31. The van der Waals surface area contributed by atoms with Gasteiger partial charge in [-0.05, 0) is 0 Å². The number of methoxy groups -OCH3 is 2. The Kier molecular flexibility index (Phi) is 3.51. The summed E-state index contributed by atoms with van der Waals surface area (Å²) in [6.45, 7) is 0.454. The predicted molar refractivity (Wildman–Crippen MR) is 69.3 cm³/mol. The van der Waals surface area contributed by atoms with Crippen LogP contribution in [-0.4, -0.2) is 52.6 Å². The number of hydrogen-bond acceptors (Lipinski definition) is 6. The van der Waals surface area contributed by atoms with Crippen LogP contribution in [0.1, 0.15) is 12.6 Å². The van der Waals surface area contributed by atoms with E-state index in [1.165, 1.54) is 6.33 Å². The van der Waals surface area contributed by atoms with Crippen LogP contribution in [0.5, 0.6) is 0 Å². The minimum Gasteiger partial charge on any atom is -0.382 e. The van der Waals surface area contributed by atoms with Crippen LogP contribution in [-0.2, 0) is 14.2 Å². The maximum absolute atomic E-state index is 11.6. The predicted octanol–water partition coefficient (Wildman–Crippen LogP) is 0.0685. The number of H-pyrrole nitrogens is 1. The summed E-state index contributed by atoms with van der Waals surface area (Å²) in [5.74, 6) is 0. The molecule has 0 aromatic carbocycles. The van der Waals surface area contributed by atoms with Gasteiger partial charge in [-0.25, -0.2) is 9.97 Å². The second-order valence-corrected chi connectivity index (χ2v) is 4.65. The molecule has 1 aliphatic rings. The number of imidazole rings is 1. The summed E-state index contributed by atoms with van der Waals surface area (Å²) in [5.41, 5.74) is 0.551. The highest BCUT2D eigenvalue weighted by molar-refractivity contribution is 5.68. The zero-order chi connectivity index (χ0) is 14.1. The van der Waals surface area contributed by atoms with Gasteiger partial charge < -0.3 is 19.2 Å². The first-order chi connectivity index (χ1) is 9.74. The third kappa shape index (κ3) is 2.11. The van der Waals surface area contributed by atoms with Gasteiger partial charge in [0.25, 0.3) is 5.56 Å². The molecule has 1 saturated heterocycles. The number of hydrogen-bond donors (Lipinski definition) is 1. The number of ether oxygens (including phenoxy) is 3. The molecule has 3 atom stereocenters. The van der Waals surface area contributed by atoms with Gasteiger partial charge in [0.1, 0.15) is 12.3 Å². The molecule has 0 radical (unpaired) electrons. The van der Waals surface area contributed by atoms with Crippen LogP contribution in [0.4, 0.5) is 0 Å². The van der Waals surface area contributed by atoms with Crippen molar-refractivity contribution in [2.75, 3.05) is 20.8 Å². The molecule has 8 heteroatoms. The Bertz CT molecular complexity index is 652. The Hall–Kier alpha value is -1.77. The highest BCUT2D eigenvalue weighted by atomic mass is 16.6. The van der Waals surface area contributed by atoms with Crippen molar-refractivity contribution in [2.45, 2.75) is 24.9 Å². The molecule has 2 aromatic rings. The van der Waals surface area contributed by atoms with E-state index in [0.29, 0.717) is 24.2 Å². The molecule has 2 aromatic heterocycles. The van der Waals surface area contributed by atoms with Gasteiger partial charge in [0.05, 0.1) is 25.4 Å². The lowest BCUT2D eigenvalue weighted by Crippen LogP contribution is -2.27. The molecule has 0 spiro atoms. The van der Waals surface area contributed by atoms with Crippen molar-refractivity contribution in [3.05, 3.63) is 23.0 Å². The Morgan fingerprint density at radius 1 is 1.50 bits per heavy atom. The van der Waals surface area contributed by atoms with E-state index >= 15 is 0 Å². The van der Waals surface area contributed by atoms with E-state index in [1.807, 2.05) is 0 Å². The Labute approximate surface area is 114 Å². The van der Waals surface area contributed by atoms with Crippen molar-refractivity contribution >= 4 is 11.2 Å². The Morgan fingerprint density at radius 2 is 2.35 bits per heavy atom. The van der Waals surface area contributed by atoms with Crippen molar-refractivity contribution in [1.29, 1.82) is 0 Å². The Balaban J connectivity index is 1.92. The minimum absolute atomic E-state index is 0.0561. The molecule has 1 N–H and O–H groups in total. The van der Waals surface area contributed by atoms with Crippen molar-refractivity contribution in [3.8, 4) is 0 Å². The molecule has 3 rings (SSSR count). The Morgan fingerprint density at radius 3 is 3.10 bits per heavy atom. The molecule has 108 valence electrons. The fourth-order valence-corrected chi connectivity index (χ4v) is 2.51. The summed E-state index contributed by atoms with van der Waals surface area (Å²) in [7, 11) is 3.27. The zero-order valence-electron chi connectivity index (χ0n) is 11.3. The molecule has 1 fully saturated rings. The van der Waals surface area contributed by atoms with E-state index in [1.54, 1.807) is 25.1 Å². The normalized spacial score (nSPS) is 26.4. The van der Waals surface area contributed by atoms with Crippen molar-refractivity contribution in [3.63, 3.8) is 0 Å². The first-order valence-electron chi connectivity index (χ1n) is 6.32. The molecular formula is C12H16N4O4. The molecule has 3 heterocycles. The van der Waals surface area contributed by atoms with E-state index in [0.717, 1.165) is 0 Å². The molecule has 2 unspecified atom stereocenters. The minimum atomic E-state index is -0.264.